The molecule has 6 rings (SSSR count). The minimum absolute atomic E-state index is 0.120. The van der Waals surface area contributed by atoms with Gasteiger partial charge < -0.3 is 29.3 Å². The quantitative estimate of drug-likeness (QED) is 0.520. The van der Waals surface area contributed by atoms with Gasteiger partial charge in [0.25, 0.3) is 0 Å². The van der Waals surface area contributed by atoms with E-state index in [1.165, 1.54) is 62.1 Å². The van der Waals surface area contributed by atoms with Gasteiger partial charge in [-0.05, 0) is 63.0 Å². The van der Waals surface area contributed by atoms with Gasteiger partial charge in [-0.2, -0.15) is 23.5 Å². The van der Waals surface area contributed by atoms with Crippen molar-refractivity contribution in [3.05, 3.63) is 35.7 Å². The van der Waals surface area contributed by atoms with Crippen LogP contribution in [0.15, 0.2) is 21.6 Å². The molecule has 2 aromatic rings. The minimum Gasteiger partial charge on any atom is -0.446 e. The minimum atomic E-state index is -0.386. The first-order chi connectivity index (χ1) is 19.6. The van der Waals surface area contributed by atoms with E-state index in [0.29, 0.717) is 22.7 Å². The first-order valence-corrected chi connectivity index (χ1v) is 16.7. The number of carbonyl (C=O) groups is 2. The van der Waals surface area contributed by atoms with Gasteiger partial charge in [0, 0.05) is 44.3 Å². The Balaban J connectivity index is 0.000000161. The van der Waals surface area contributed by atoms with E-state index < -0.39 is 0 Å². The lowest BCUT2D eigenvalue weighted by Crippen LogP contribution is -2.42. The summed E-state index contributed by atoms with van der Waals surface area (Å²) in [5.74, 6) is 5.96. The molecule has 3 unspecified atom stereocenters. The smallest absolute Gasteiger partial charge is 0.247 e. The van der Waals surface area contributed by atoms with Crippen molar-refractivity contribution in [1.82, 2.24) is 30.4 Å². The molecule has 6 heterocycles. The van der Waals surface area contributed by atoms with Gasteiger partial charge in [0.15, 0.2) is 24.3 Å². The van der Waals surface area contributed by atoms with E-state index in [2.05, 4.69) is 20.6 Å². The highest BCUT2D eigenvalue weighted by atomic mass is 32.2. The highest BCUT2D eigenvalue weighted by Crippen LogP contribution is 2.30. The Morgan fingerprint density at radius 3 is 1.93 bits per heavy atom. The van der Waals surface area contributed by atoms with E-state index in [4.69, 9.17) is 8.83 Å². The predicted octanol–water partition coefficient (Wildman–Crippen LogP) is 3.07. The van der Waals surface area contributed by atoms with E-state index >= 15 is 0 Å². The number of thioether (sulfide) groups is 2. The van der Waals surface area contributed by atoms with Crippen molar-refractivity contribution in [2.45, 2.75) is 62.3 Å². The van der Waals surface area contributed by atoms with Crippen LogP contribution in [-0.4, -0.2) is 94.4 Å². The second-order valence-corrected chi connectivity index (χ2v) is 13.5. The summed E-state index contributed by atoms with van der Waals surface area (Å²) in [5, 5.41) is 6.73. The summed E-state index contributed by atoms with van der Waals surface area (Å²) < 4.78 is 10.8. The normalized spacial score (nSPS) is 25.9. The number of nitrogens with one attached hydrogen (secondary N) is 2. The summed E-state index contributed by atoms with van der Waals surface area (Å²) in [4.78, 5) is 37.8. The summed E-state index contributed by atoms with van der Waals surface area (Å²) in [6.07, 6.45) is 10.7. The summed E-state index contributed by atoms with van der Waals surface area (Å²) in [7, 11) is 3.60. The van der Waals surface area contributed by atoms with Crippen molar-refractivity contribution in [3.63, 3.8) is 0 Å². The molecule has 0 bridgehead atoms. The number of hydrogen-bond acceptors (Lipinski definition) is 10. The Labute approximate surface area is 245 Å². The second kappa shape index (κ2) is 14.2. The van der Waals surface area contributed by atoms with Crippen LogP contribution in [0.4, 0.5) is 0 Å². The molecule has 10 nitrogen and oxygen atoms in total. The Kier molecular flexibility index (Phi) is 10.5. The van der Waals surface area contributed by atoms with E-state index in [1.54, 1.807) is 14.1 Å². The number of fused-ring (bicyclic) bond motifs is 2. The zero-order valence-electron chi connectivity index (χ0n) is 23.6. The molecule has 12 heteroatoms. The van der Waals surface area contributed by atoms with Crippen LogP contribution in [0.5, 0.6) is 0 Å². The molecule has 4 aliphatic rings. The van der Waals surface area contributed by atoms with E-state index in [9.17, 15) is 9.59 Å². The Morgan fingerprint density at radius 1 is 0.825 bits per heavy atom. The first-order valence-electron chi connectivity index (χ1n) is 14.5. The maximum atomic E-state index is 12.7. The van der Waals surface area contributed by atoms with Crippen LogP contribution in [-0.2, 0) is 22.4 Å². The molecule has 2 saturated heterocycles. The molecule has 220 valence electrons. The van der Waals surface area contributed by atoms with Gasteiger partial charge in [-0.3, -0.25) is 9.59 Å². The van der Waals surface area contributed by atoms with Gasteiger partial charge in [0.2, 0.25) is 11.8 Å². The number of nitrogens with zero attached hydrogens (tertiary/aromatic N) is 4. The molecule has 2 amide bonds. The standard InChI is InChI=1S/2C14H21N3O2S/c1-15-12-13-11(16-9-19-13)2-5-17(14(12)18)8-10-3-6-20-7-4-10;1-15-12-13-11(16-9-19-13)5-6-17(14(12)18)8-10-4-2-3-7-20-10/h2*9-10,12,15H,2-8H2,1H3. The SMILES string of the molecule is CNC1C(=O)N(CC2CCCCS2)CCc2ncoc21.CNC1C(=O)N(CC2CCSCC2)CCc2ncoc21. The molecule has 0 aromatic carbocycles. The number of carbonyl (C=O) groups excluding carboxylic acids is 2. The number of hydrogen-bond donors (Lipinski definition) is 2. The zero-order chi connectivity index (χ0) is 27.9. The number of likely N-dealkylation sites (N-methyl/N-ethyl adjacent to an activating group) is 2. The van der Waals surface area contributed by atoms with Crippen molar-refractivity contribution in [3.8, 4) is 0 Å². The van der Waals surface area contributed by atoms with Crippen LogP contribution in [0.1, 0.15) is 67.1 Å². The van der Waals surface area contributed by atoms with Gasteiger partial charge >= 0.3 is 0 Å². The van der Waals surface area contributed by atoms with Crippen molar-refractivity contribution in [1.29, 1.82) is 0 Å². The largest absolute Gasteiger partial charge is 0.446 e. The molecule has 2 N–H and O–H groups in total. The second-order valence-electron chi connectivity index (χ2n) is 10.9. The molecule has 2 aromatic heterocycles. The molecule has 3 atom stereocenters. The van der Waals surface area contributed by atoms with Gasteiger partial charge in [-0.15, -0.1) is 0 Å². The highest BCUT2D eigenvalue weighted by Gasteiger charge is 2.35. The summed E-state index contributed by atoms with van der Waals surface area (Å²) >= 11 is 4.03. The van der Waals surface area contributed by atoms with Crippen LogP contribution < -0.4 is 10.6 Å². The number of oxazole rings is 2. The van der Waals surface area contributed by atoms with Crippen LogP contribution in [0.2, 0.25) is 0 Å². The average Bonchev–Trinajstić information content (AvgIpc) is 3.60. The zero-order valence-corrected chi connectivity index (χ0v) is 25.2. The molecule has 0 radical (unpaired) electrons. The van der Waals surface area contributed by atoms with Crippen molar-refractivity contribution >= 4 is 35.3 Å². The van der Waals surface area contributed by atoms with Crippen LogP contribution >= 0.6 is 23.5 Å². The molecule has 2 fully saturated rings. The lowest BCUT2D eigenvalue weighted by Gasteiger charge is -2.30. The van der Waals surface area contributed by atoms with Crippen LogP contribution in [0, 0.1) is 5.92 Å². The molecule has 0 saturated carbocycles. The van der Waals surface area contributed by atoms with Crippen molar-refractivity contribution in [2.75, 3.05) is 57.5 Å². The number of rotatable bonds is 6. The van der Waals surface area contributed by atoms with Crippen LogP contribution in [0.25, 0.3) is 0 Å². The molecule has 4 aliphatic heterocycles. The third kappa shape index (κ3) is 6.88. The van der Waals surface area contributed by atoms with E-state index in [0.717, 1.165) is 50.4 Å². The Bertz CT molecular complexity index is 1030. The number of amides is 2. The molecule has 0 spiro atoms. The van der Waals surface area contributed by atoms with Gasteiger partial charge in [0.05, 0.1) is 11.4 Å². The summed E-state index contributed by atoms with van der Waals surface area (Å²) in [6.45, 7) is 3.22. The third-order valence-corrected chi connectivity index (χ3v) is 10.7. The van der Waals surface area contributed by atoms with Gasteiger partial charge in [0.1, 0.15) is 12.1 Å². The summed E-state index contributed by atoms with van der Waals surface area (Å²) in [5.41, 5.74) is 1.83. The molecule has 0 aliphatic carbocycles. The third-order valence-electron chi connectivity index (χ3n) is 8.32. The summed E-state index contributed by atoms with van der Waals surface area (Å²) in [6, 6.07) is -0.767. The van der Waals surface area contributed by atoms with Crippen molar-refractivity contribution in [2.24, 2.45) is 5.92 Å². The fourth-order valence-electron chi connectivity index (χ4n) is 6.00. The van der Waals surface area contributed by atoms with E-state index in [-0.39, 0.29) is 23.9 Å². The maximum Gasteiger partial charge on any atom is 0.247 e. The van der Waals surface area contributed by atoms with Crippen molar-refractivity contribution < 1.29 is 18.4 Å². The average molecular weight is 591 g/mol. The fraction of sp³-hybridized carbons (Fsp3) is 0.714. The predicted molar refractivity (Wildman–Crippen MR) is 157 cm³/mol. The molecule has 40 heavy (non-hydrogen) atoms. The maximum absolute atomic E-state index is 12.7. The lowest BCUT2D eigenvalue weighted by atomic mass is 10.0. The fourth-order valence-corrected chi connectivity index (χ4v) is 8.53. The Hall–Kier alpha value is -2.02. The van der Waals surface area contributed by atoms with Gasteiger partial charge in [-0.1, -0.05) is 6.42 Å². The molecular formula is C28H42N6O4S2. The topological polar surface area (TPSA) is 117 Å². The number of aromatic nitrogens is 2. The van der Waals surface area contributed by atoms with E-state index in [1.807, 2.05) is 33.3 Å². The van der Waals surface area contributed by atoms with Crippen LogP contribution in [0.3, 0.4) is 0 Å². The lowest BCUT2D eigenvalue weighted by molar-refractivity contribution is -0.134. The van der Waals surface area contributed by atoms with Gasteiger partial charge in [-0.25, -0.2) is 9.97 Å². The molecular weight excluding hydrogens is 548 g/mol. The Morgan fingerprint density at radius 2 is 1.40 bits per heavy atom. The monoisotopic (exact) mass is 590 g/mol. The highest BCUT2D eigenvalue weighted by molar-refractivity contribution is 8.00. The first kappa shape index (κ1) is 29.5.